The molecule has 0 atom stereocenters. The molecule has 0 saturated heterocycles. The number of ether oxygens (including phenoxy) is 1. The molecule has 0 heterocycles. The van der Waals surface area contributed by atoms with E-state index in [0.717, 1.165) is 27.5 Å². The third-order valence-corrected chi connectivity index (χ3v) is 5.77. The maximum Gasteiger partial charge on any atom is 0.266 e. The number of aryl methyl sites for hydroxylation is 2. The highest BCUT2D eigenvalue weighted by atomic mass is 35.5. The highest BCUT2D eigenvalue weighted by molar-refractivity contribution is 6.30. The lowest BCUT2D eigenvalue weighted by Gasteiger charge is -2.13. The predicted molar refractivity (Wildman–Crippen MR) is 138 cm³/mol. The first-order valence-corrected chi connectivity index (χ1v) is 11.2. The Labute approximate surface area is 204 Å². The Hall–Kier alpha value is -4.07. The number of carbonyl (C=O) groups is 1. The first-order chi connectivity index (χ1) is 16.4. The van der Waals surface area contributed by atoms with E-state index in [1.165, 1.54) is 0 Å². The minimum Gasteiger partial charge on any atom is -0.488 e. The van der Waals surface area contributed by atoms with Crippen LogP contribution in [0.5, 0.6) is 5.75 Å². The van der Waals surface area contributed by atoms with Crippen LogP contribution in [0.2, 0.25) is 5.02 Å². The van der Waals surface area contributed by atoms with Crippen molar-refractivity contribution in [1.82, 2.24) is 0 Å². The third-order valence-electron chi connectivity index (χ3n) is 5.52. The molecule has 0 bridgehead atoms. The highest BCUT2D eigenvalue weighted by Gasteiger charge is 2.15. The van der Waals surface area contributed by atoms with Gasteiger partial charge in [0.05, 0.1) is 0 Å². The number of hydrogen-bond acceptors (Lipinski definition) is 3. The summed E-state index contributed by atoms with van der Waals surface area (Å²) >= 11 is 5.98. The van der Waals surface area contributed by atoms with Crippen molar-refractivity contribution < 1.29 is 9.53 Å². The van der Waals surface area contributed by atoms with Crippen LogP contribution in [0.4, 0.5) is 5.69 Å². The largest absolute Gasteiger partial charge is 0.488 e. The van der Waals surface area contributed by atoms with Crippen molar-refractivity contribution in [3.63, 3.8) is 0 Å². The molecule has 5 heteroatoms. The van der Waals surface area contributed by atoms with Crippen molar-refractivity contribution in [3.05, 3.63) is 112 Å². The number of halogens is 1. The monoisotopic (exact) mass is 466 g/mol. The number of anilines is 1. The van der Waals surface area contributed by atoms with Crippen molar-refractivity contribution in [2.24, 2.45) is 0 Å². The van der Waals surface area contributed by atoms with Gasteiger partial charge in [-0.25, -0.2) is 0 Å². The van der Waals surface area contributed by atoms with Gasteiger partial charge in [-0.15, -0.1) is 0 Å². The van der Waals surface area contributed by atoms with Crippen LogP contribution in [0, 0.1) is 25.2 Å². The standard InChI is InChI=1S/C29H23ClN2O2/c1-19-7-13-27(20(2)15-19)32-29(33)23(17-31)16-26-25-6-4-3-5-22(25)10-14-28(26)34-18-21-8-11-24(30)12-9-21/h3-16H,18H2,1-2H3,(H,32,33)/b23-16+. The van der Waals surface area contributed by atoms with Crippen LogP contribution in [0.1, 0.15) is 22.3 Å². The Balaban J connectivity index is 1.69. The van der Waals surface area contributed by atoms with Crippen molar-refractivity contribution >= 4 is 40.0 Å². The Kier molecular flexibility index (Phi) is 6.96. The lowest BCUT2D eigenvalue weighted by molar-refractivity contribution is -0.112. The second-order valence-electron chi connectivity index (χ2n) is 8.06. The molecule has 1 amide bonds. The van der Waals surface area contributed by atoms with Crippen molar-refractivity contribution in [2.75, 3.05) is 5.32 Å². The Morgan fingerprint density at radius 1 is 1.03 bits per heavy atom. The van der Waals surface area contributed by atoms with E-state index in [9.17, 15) is 10.1 Å². The minimum atomic E-state index is -0.467. The molecular weight excluding hydrogens is 444 g/mol. The van der Waals surface area contributed by atoms with Gasteiger partial charge in [0.2, 0.25) is 0 Å². The summed E-state index contributed by atoms with van der Waals surface area (Å²) in [5.74, 6) is 0.117. The number of rotatable bonds is 6. The first-order valence-electron chi connectivity index (χ1n) is 10.8. The molecule has 0 saturated carbocycles. The lowest BCUT2D eigenvalue weighted by Crippen LogP contribution is -2.14. The molecule has 4 aromatic rings. The van der Waals surface area contributed by atoms with Gasteiger partial charge in [-0.2, -0.15) is 5.26 Å². The number of nitrogens with one attached hydrogen (secondary N) is 1. The van der Waals surface area contributed by atoms with E-state index in [4.69, 9.17) is 16.3 Å². The van der Waals surface area contributed by atoms with Gasteiger partial charge < -0.3 is 10.1 Å². The van der Waals surface area contributed by atoms with E-state index in [0.29, 0.717) is 28.6 Å². The van der Waals surface area contributed by atoms with Gasteiger partial charge in [0.25, 0.3) is 5.91 Å². The maximum atomic E-state index is 13.0. The van der Waals surface area contributed by atoms with Crippen molar-refractivity contribution in [2.45, 2.75) is 20.5 Å². The summed E-state index contributed by atoms with van der Waals surface area (Å²) in [6, 6.07) is 26.9. The molecule has 4 rings (SSSR count). The number of nitrogens with zero attached hydrogens (tertiary/aromatic N) is 1. The van der Waals surface area contributed by atoms with Crippen LogP contribution in [0.25, 0.3) is 16.8 Å². The summed E-state index contributed by atoms with van der Waals surface area (Å²) in [5, 5.41) is 15.2. The van der Waals surface area contributed by atoms with E-state index in [1.54, 1.807) is 6.08 Å². The molecule has 0 radical (unpaired) electrons. The van der Waals surface area contributed by atoms with E-state index < -0.39 is 5.91 Å². The lowest BCUT2D eigenvalue weighted by atomic mass is 10.0. The summed E-state index contributed by atoms with van der Waals surface area (Å²) in [6.07, 6.45) is 1.60. The highest BCUT2D eigenvalue weighted by Crippen LogP contribution is 2.31. The molecule has 4 aromatic carbocycles. The average Bonchev–Trinajstić information content (AvgIpc) is 2.84. The normalized spacial score (nSPS) is 11.2. The number of amides is 1. The molecule has 0 aromatic heterocycles. The molecule has 34 heavy (non-hydrogen) atoms. The van der Waals surface area contributed by atoms with Crippen LogP contribution in [-0.2, 0) is 11.4 Å². The molecule has 4 nitrogen and oxygen atoms in total. The van der Waals surface area contributed by atoms with Gasteiger partial charge in [0.1, 0.15) is 24.0 Å². The number of nitriles is 1. The molecule has 0 unspecified atom stereocenters. The minimum absolute atomic E-state index is 0.00679. The van der Waals surface area contributed by atoms with E-state index in [2.05, 4.69) is 11.4 Å². The van der Waals surface area contributed by atoms with Gasteiger partial charge in [-0.05, 0) is 66.1 Å². The number of carbonyl (C=O) groups excluding carboxylic acids is 1. The Bertz CT molecular complexity index is 1430. The fourth-order valence-corrected chi connectivity index (χ4v) is 3.85. The molecule has 0 aliphatic heterocycles. The van der Waals surface area contributed by atoms with Gasteiger partial charge in [-0.1, -0.05) is 71.8 Å². The topological polar surface area (TPSA) is 62.1 Å². The zero-order chi connectivity index (χ0) is 24.1. The molecule has 0 spiro atoms. The summed E-state index contributed by atoms with van der Waals surface area (Å²) in [4.78, 5) is 13.0. The molecule has 0 aliphatic carbocycles. The molecule has 168 valence electrons. The number of benzene rings is 4. The van der Waals surface area contributed by atoms with Gasteiger partial charge in [-0.3, -0.25) is 4.79 Å². The Morgan fingerprint density at radius 2 is 1.79 bits per heavy atom. The quantitative estimate of drug-likeness (QED) is 0.241. The second-order valence-corrected chi connectivity index (χ2v) is 8.49. The zero-order valence-corrected chi connectivity index (χ0v) is 19.7. The fraction of sp³-hybridized carbons (Fsp3) is 0.103. The van der Waals surface area contributed by atoms with Gasteiger partial charge in [0.15, 0.2) is 0 Å². The molecule has 1 N–H and O–H groups in total. The first kappa shape index (κ1) is 23.1. The van der Waals surface area contributed by atoms with Crippen LogP contribution < -0.4 is 10.1 Å². The number of hydrogen-bond donors (Lipinski definition) is 1. The van der Waals surface area contributed by atoms with Crippen LogP contribution in [0.15, 0.2) is 84.4 Å². The van der Waals surface area contributed by atoms with Crippen molar-refractivity contribution in [1.29, 1.82) is 5.26 Å². The maximum absolute atomic E-state index is 13.0. The summed E-state index contributed by atoms with van der Waals surface area (Å²) in [7, 11) is 0. The van der Waals surface area contributed by atoms with Crippen LogP contribution in [-0.4, -0.2) is 5.91 Å². The number of fused-ring (bicyclic) bond motifs is 1. The smallest absolute Gasteiger partial charge is 0.266 e. The predicted octanol–water partition coefficient (Wildman–Crippen LogP) is 7.23. The van der Waals surface area contributed by atoms with Crippen LogP contribution in [0.3, 0.4) is 0 Å². The molecule has 0 fully saturated rings. The molecular formula is C29H23ClN2O2. The summed E-state index contributed by atoms with van der Waals surface area (Å²) in [6.45, 7) is 4.24. The SMILES string of the molecule is Cc1ccc(NC(=O)/C(C#N)=C/c2c(OCc3ccc(Cl)cc3)ccc3ccccc23)c(C)c1. The second kappa shape index (κ2) is 10.2. The summed E-state index contributed by atoms with van der Waals surface area (Å²) < 4.78 is 6.12. The average molecular weight is 467 g/mol. The third kappa shape index (κ3) is 5.28. The summed E-state index contributed by atoms with van der Waals surface area (Å²) in [5.41, 5.74) is 4.34. The van der Waals surface area contributed by atoms with Crippen LogP contribution >= 0.6 is 11.6 Å². The molecule has 0 aliphatic rings. The van der Waals surface area contributed by atoms with Gasteiger partial charge >= 0.3 is 0 Å². The van der Waals surface area contributed by atoms with Gasteiger partial charge in [0, 0.05) is 16.3 Å². The zero-order valence-electron chi connectivity index (χ0n) is 18.9. The van der Waals surface area contributed by atoms with E-state index >= 15 is 0 Å². The Morgan fingerprint density at radius 3 is 2.53 bits per heavy atom. The van der Waals surface area contributed by atoms with Crippen molar-refractivity contribution in [3.8, 4) is 11.8 Å². The van der Waals surface area contributed by atoms with E-state index in [-0.39, 0.29) is 5.57 Å². The fourth-order valence-electron chi connectivity index (χ4n) is 3.73. The van der Waals surface area contributed by atoms with E-state index in [1.807, 2.05) is 92.7 Å².